The Morgan fingerprint density at radius 2 is 2.10 bits per heavy atom. The van der Waals surface area contributed by atoms with E-state index in [2.05, 4.69) is 5.32 Å². The van der Waals surface area contributed by atoms with Crippen molar-refractivity contribution in [3.05, 3.63) is 28.8 Å². The van der Waals surface area contributed by atoms with E-state index in [9.17, 15) is 9.59 Å². The Morgan fingerprint density at radius 3 is 2.62 bits per heavy atom. The summed E-state index contributed by atoms with van der Waals surface area (Å²) in [7, 11) is 0. The Balaban J connectivity index is 2.62. The number of halogens is 1. The third kappa shape index (κ3) is 5.73. The molecule has 116 valence electrons. The van der Waals surface area contributed by atoms with Crippen molar-refractivity contribution < 1.29 is 14.7 Å². The molecule has 1 rings (SSSR count). The Hall–Kier alpha value is -1.59. The summed E-state index contributed by atoms with van der Waals surface area (Å²) in [6, 6.07) is 5.13. The van der Waals surface area contributed by atoms with Crippen molar-refractivity contribution in [2.75, 3.05) is 18.4 Å². The largest absolute Gasteiger partial charge is 0.481 e. The van der Waals surface area contributed by atoms with Crippen LogP contribution in [0.4, 0.5) is 5.69 Å². The van der Waals surface area contributed by atoms with E-state index in [0.29, 0.717) is 17.3 Å². The van der Waals surface area contributed by atoms with Gasteiger partial charge in [0.1, 0.15) is 0 Å². The van der Waals surface area contributed by atoms with Gasteiger partial charge in [0.2, 0.25) is 5.91 Å². The number of aliphatic carboxylic acids is 1. The fourth-order valence-electron chi connectivity index (χ4n) is 2.02. The number of carboxylic acids is 1. The summed E-state index contributed by atoms with van der Waals surface area (Å²) in [5.74, 6) is -1.05. The van der Waals surface area contributed by atoms with Crippen LogP contribution < -0.4 is 5.32 Å². The molecule has 0 fully saturated rings. The summed E-state index contributed by atoms with van der Waals surface area (Å²) in [5, 5.41) is 12.2. The van der Waals surface area contributed by atoms with Crippen LogP contribution >= 0.6 is 11.6 Å². The second-order valence-electron chi connectivity index (χ2n) is 5.02. The van der Waals surface area contributed by atoms with Crippen molar-refractivity contribution in [1.29, 1.82) is 0 Å². The molecular formula is C15H21ClN2O3. The molecule has 5 nitrogen and oxygen atoms in total. The molecule has 2 N–H and O–H groups in total. The standard InChI is InChI=1S/C15H21ClN2O3/c1-4-18(11(3)7-15(20)21)9-14(19)17-12-6-5-10(2)13(16)8-12/h5-6,8,11H,4,7,9H2,1-3H3,(H,17,19)(H,20,21). The highest BCUT2D eigenvalue weighted by Gasteiger charge is 2.18. The molecule has 0 heterocycles. The molecule has 6 heteroatoms. The predicted molar refractivity (Wildman–Crippen MR) is 83.8 cm³/mol. The summed E-state index contributed by atoms with van der Waals surface area (Å²) >= 11 is 6.01. The minimum Gasteiger partial charge on any atom is -0.481 e. The number of nitrogens with one attached hydrogen (secondary N) is 1. The quantitative estimate of drug-likeness (QED) is 0.812. The Bertz CT molecular complexity index is 520. The predicted octanol–water partition coefficient (Wildman–Crippen LogP) is 2.77. The maximum atomic E-state index is 12.0. The zero-order valence-electron chi connectivity index (χ0n) is 12.5. The Kier molecular flexibility index (Phi) is 6.65. The number of hydrogen-bond acceptors (Lipinski definition) is 3. The number of carboxylic acid groups (broad SMARTS) is 1. The second kappa shape index (κ2) is 8.00. The van der Waals surface area contributed by atoms with Crippen LogP contribution in [-0.4, -0.2) is 41.0 Å². The van der Waals surface area contributed by atoms with Crippen LogP contribution in [0.25, 0.3) is 0 Å². The van der Waals surface area contributed by atoms with Gasteiger partial charge in [-0.3, -0.25) is 14.5 Å². The third-order valence-corrected chi connectivity index (χ3v) is 3.71. The number of benzene rings is 1. The lowest BCUT2D eigenvalue weighted by atomic mass is 10.2. The zero-order chi connectivity index (χ0) is 16.0. The van der Waals surface area contributed by atoms with E-state index in [0.717, 1.165) is 5.56 Å². The van der Waals surface area contributed by atoms with Crippen molar-refractivity contribution in [1.82, 2.24) is 4.90 Å². The smallest absolute Gasteiger partial charge is 0.304 e. The molecule has 21 heavy (non-hydrogen) atoms. The number of nitrogens with zero attached hydrogens (tertiary/aromatic N) is 1. The molecule has 0 spiro atoms. The Labute approximate surface area is 129 Å². The topological polar surface area (TPSA) is 69.6 Å². The van der Waals surface area contributed by atoms with Crippen LogP contribution in [0.2, 0.25) is 5.02 Å². The van der Waals surface area contributed by atoms with Crippen LogP contribution in [0.5, 0.6) is 0 Å². The summed E-state index contributed by atoms with van der Waals surface area (Å²) < 4.78 is 0. The van der Waals surface area contributed by atoms with Gasteiger partial charge in [-0.25, -0.2) is 0 Å². The number of aryl methyl sites for hydroxylation is 1. The van der Waals surface area contributed by atoms with Gasteiger partial charge in [-0.2, -0.15) is 0 Å². The average molecular weight is 313 g/mol. The lowest BCUT2D eigenvalue weighted by Gasteiger charge is -2.25. The van der Waals surface area contributed by atoms with Crippen LogP contribution in [0.3, 0.4) is 0 Å². The van der Waals surface area contributed by atoms with Crippen LogP contribution in [-0.2, 0) is 9.59 Å². The lowest BCUT2D eigenvalue weighted by molar-refractivity contribution is -0.138. The molecule has 0 radical (unpaired) electrons. The van der Waals surface area contributed by atoms with Crippen molar-refractivity contribution in [2.24, 2.45) is 0 Å². The molecule has 0 aliphatic rings. The molecule has 0 aromatic heterocycles. The normalized spacial score (nSPS) is 12.2. The number of anilines is 1. The molecule has 1 aromatic rings. The Morgan fingerprint density at radius 1 is 1.43 bits per heavy atom. The summed E-state index contributed by atoms with van der Waals surface area (Å²) in [5.41, 5.74) is 1.58. The molecule has 0 aliphatic carbocycles. The minimum absolute atomic E-state index is 0.0114. The number of carbonyl (C=O) groups is 2. The van der Waals surface area contributed by atoms with Crippen LogP contribution in [0.15, 0.2) is 18.2 Å². The highest BCUT2D eigenvalue weighted by molar-refractivity contribution is 6.31. The summed E-state index contributed by atoms with van der Waals surface area (Å²) in [6.07, 6.45) is 0.0114. The molecular weight excluding hydrogens is 292 g/mol. The van der Waals surface area contributed by atoms with Crippen molar-refractivity contribution in [2.45, 2.75) is 33.2 Å². The van der Waals surface area contributed by atoms with E-state index in [1.807, 2.05) is 24.8 Å². The van der Waals surface area contributed by atoms with Gasteiger partial charge in [0, 0.05) is 16.8 Å². The van der Waals surface area contributed by atoms with Gasteiger partial charge < -0.3 is 10.4 Å². The fraction of sp³-hybridized carbons (Fsp3) is 0.467. The summed E-state index contributed by atoms with van der Waals surface area (Å²) in [6.45, 7) is 6.34. The lowest BCUT2D eigenvalue weighted by Crippen LogP contribution is -2.40. The third-order valence-electron chi connectivity index (χ3n) is 3.30. The van der Waals surface area contributed by atoms with Crippen LogP contribution in [0.1, 0.15) is 25.8 Å². The van der Waals surface area contributed by atoms with Crippen molar-refractivity contribution in [3.8, 4) is 0 Å². The first-order chi connectivity index (χ1) is 9.83. The zero-order valence-corrected chi connectivity index (χ0v) is 13.3. The molecule has 1 aromatic carbocycles. The van der Waals surface area contributed by atoms with Gasteiger partial charge >= 0.3 is 5.97 Å². The average Bonchev–Trinajstić information content (AvgIpc) is 2.39. The van der Waals surface area contributed by atoms with E-state index in [1.165, 1.54) is 0 Å². The molecule has 0 saturated heterocycles. The monoisotopic (exact) mass is 312 g/mol. The number of amides is 1. The maximum absolute atomic E-state index is 12.0. The van der Waals surface area contributed by atoms with E-state index in [-0.39, 0.29) is 24.9 Å². The minimum atomic E-state index is -0.869. The van der Waals surface area contributed by atoms with E-state index >= 15 is 0 Å². The second-order valence-corrected chi connectivity index (χ2v) is 5.43. The van der Waals surface area contributed by atoms with Crippen molar-refractivity contribution in [3.63, 3.8) is 0 Å². The first kappa shape index (κ1) is 17.5. The number of hydrogen-bond donors (Lipinski definition) is 2. The van der Waals surface area contributed by atoms with Gasteiger partial charge in [-0.15, -0.1) is 0 Å². The van der Waals surface area contributed by atoms with Gasteiger partial charge in [0.15, 0.2) is 0 Å². The highest BCUT2D eigenvalue weighted by atomic mass is 35.5. The SMILES string of the molecule is CCN(CC(=O)Nc1ccc(C)c(Cl)c1)C(C)CC(=O)O. The first-order valence-corrected chi connectivity index (χ1v) is 7.23. The van der Waals surface area contributed by atoms with E-state index in [4.69, 9.17) is 16.7 Å². The van der Waals surface area contributed by atoms with Crippen LogP contribution in [0, 0.1) is 6.92 Å². The molecule has 0 aliphatic heterocycles. The molecule has 0 saturated carbocycles. The maximum Gasteiger partial charge on any atom is 0.304 e. The van der Waals surface area contributed by atoms with Gasteiger partial charge in [-0.1, -0.05) is 24.6 Å². The van der Waals surface area contributed by atoms with E-state index in [1.54, 1.807) is 19.1 Å². The highest BCUT2D eigenvalue weighted by Crippen LogP contribution is 2.20. The number of carbonyl (C=O) groups excluding carboxylic acids is 1. The molecule has 1 amide bonds. The fourth-order valence-corrected chi connectivity index (χ4v) is 2.20. The van der Waals surface area contributed by atoms with Gasteiger partial charge in [-0.05, 0) is 38.1 Å². The van der Waals surface area contributed by atoms with Gasteiger partial charge in [0.25, 0.3) is 0 Å². The molecule has 1 unspecified atom stereocenters. The van der Waals surface area contributed by atoms with Gasteiger partial charge in [0.05, 0.1) is 13.0 Å². The summed E-state index contributed by atoms with van der Waals surface area (Å²) in [4.78, 5) is 24.6. The number of rotatable bonds is 7. The molecule has 0 bridgehead atoms. The molecule has 1 atom stereocenters. The number of likely N-dealkylation sites (N-methyl/N-ethyl adjacent to an activating group) is 1. The van der Waals surface area contributed by atoms with E-state index < -0.39 is 5.97 Å². The van der Waals surface area contributed by atoms with Crippen molar-refractivity contribution >= 4 is 29.2 Å². The first-order valence-electron chi connectivity index (χ1n) is 6.85.